The van der Waals surface area contributed by atoms with Crippen LogP contribution in [-0.2, 0) is 30.3 Å². The first kappa shape index (κ1) is 28.9. The Balaban J connectivity index is 2.14. The molecule has 0 fully saturated rings. The molecule has 11 heteroatoms. The third-order valence-electron chi connectivity index (χ3n) is 5.69. The molecule has 0 radical (unpaired) electrons. The average molecular weight is 519 g/mol. The first-order valence-electron chi connectivity index (χ1n) is 11.6. The SMILES string of the molecule is COC(=O)[C@H](Cc1ccccc1)NNC(=O)c1csc([C@@H](CC(C(C)C)N(C)C(C)=O)OC(C)=O)n1. The van der Waals surface area contributed by atoms with Gasteiger partial charge in [0.2, 0.25) is 5.91 Å². The number of methoxy groups -OCH3 is 1. The van der Waals surface area contributed by atoms with Gasteiger partial charge >= 0.3 is 11.9 Å². The lowest BCUT2D eigenvalue weighted by molar-refractivity contribution is -0.148. The predicted octanol–water partition coefficient (Wildman–Crippen LogP) is 2.66. The number of hydrogen-bond acceptors (Lipinski definition) is 9. The van der Waals surface area contributed by atoms with Gasteiger partial charge in [0.25, 0.3) is 5.91 Å². The van der Waals surface area contributed by atoms with E-state index < -0.39 is 30.0 Å². The van der Waals surface area contributed by atoms with Crippen molar-refractivity contribution in [2.45, 2.75) is 58.7 Å². The predicted molar refractivity (Wildman–Crippen MR) is 135 cm³/mol. The monoisotopic (exact) mass is 518 g/mol. The molecule has 1 unspecified atom stereocenters. The van der Waals surface area contributed by atoms with Gasteiger partial charge < -0.3 is 14.4 Å². The van der Waals surface area contributed by atoms with Crippen LogP contribution >= 0.6 is 11.3 Å². The zero-order chi connectivity index (χ0) is 26.8. The minimum Gasteiger partial charge on any atom is -0.468 e. The van der Waals surface area contributed by atoms with E-state index in [1.54, 1.807) is 17.3 Å². The normalized spacial score (nSPS) is 13.4. The highest BCUT2D eigenvalue weighted by Gasteiger charge is 2.30. The van der Waals surface area contributed by atoms with Gasteiger partial charge in [-0.2, -0.15) is 0 Å². The Morgan fingerprint density at radius 3 is 2.33 bits per heavy atom. The fourth-order valence-electron chi connectivity index (χ4n) is 3.67. The molecule has 0 saturated carbocycles. The summed E-state index contributed by atoms with van der Waals surface area (Å²) in [4.78, 5) is 54.7. The Labute approximate surface area is 215 Å². The van der Waals surface area contributed by atoms with Crippen molar-refractivity contribution < 1.29 is 28.7 Å². The van der Waals surface area contributed by atoms with Crippen LogP contribution in [0.1, 0.15) is 61.3 Å². The highest BCUT2D eigenvalue weighted by molar-refractivity contribution is 7.09. The summed E-state index contributed by atoms with van der Waals surface area (Å²) < 4.78 is 10.4. The highest BCUT2D eigenvalue weighted by atomic mass is 32.1. The lowest BCUT2D eigenvalue weighted by Crippen LogP contribution is -2.49. The van der Waals surface area contributed by atoms with Crippen molar-refractivity contribution in [1.29, 1.82) is 0 Å². The van der Waals surface area contributed by atoms with E-state index in [-0.39, 0.29) is 23.6 Å². The highest BCUT2D eigenvalue weighted by Crippen LogP contribution is 2.30. The number of amides is 2. The number of benzene rings is 1. The van der Waals surface area contributed by atoms with Crippen LogP contribution in [-0.4, -0.2) is 59.9 Å². The van der Waals surface area contributed by atoms with Crippen LogP contribution in [0.15, 0.2) is 35.7 Å². The standard InChI is InChI=1S/C25H34N4O6S/c1-15(2)21(29(5)16(3)30)13-22(35-17(4)31)24-26-20(14-36-24)23(32)28-27-19(25(33)34-6)12-18-10-8-7-9-11-18/h7-11,14-15,19,21-22,27H,12-13H2,1-6H3,(H,28,32)/t19-,21?,22+/m0/s1. The van der Waals surface area contributed by atoms with Gasteiger partial charge in [-0.15, -0.1) is 11.3 Å². The second-order valence-corrected chi connectivity index (χ2v) is 9.60. The number of nitrogens with zero attached hydrogens (tertiary/aromatic N) is 2. The fraction of sp³-hybridized carbons (Fsp3) is 0.480. The third-order valence-corrected chi connectivity index (χ3v) is 6.62. The molecule has 2 N–H and O–H groups in total. The van der Waals surface area contributed by atoms with E-state index >= 15 is 0 Å². The van der Waals surface area contributed by atoms with Crippen molar-refractivity contribution in [2.75, 3.05) is 14.2 Å². The first-order chi connectivity index (χ1) is 17.0. The average Bonchev–Trinajstić information content (AvgIpc) is 3.33. The number of hydrazine groups is 1. The van der Waals surface area contributed by atoms with Crippen molar-refractivity contribution in [1.82, 2.24) is 20.7 Å². The van der Waals surface area contributed by atoms with E-state index in [1.807, 2.05) is 44.2 Å². The van der Waals surface area contributed by atoms with Gasteiger partial charge in [-0.25, -0.2) is 10.4 Å². The Hall–Kier alpha value is -3.31. The lowest BCUT2D eigenvalue weighted by atomic mass is 9.96. The van der Waals surface area contributed by atoms with Crippen molar-refractivity contribution in [3.05, 3.63) is 52.0 Å². The summed E-state index contributed by atoms with van der Waals surface area (Å²) in [6.45, 7) is 6.74. The van der Waals surface area contributed by atoms with Crippen molar-refractivity contribution in [3.63, 3.8) is 0 Å². The Bertz CT molecular complexity index is 1040. The maximum absolute atomic E-state index is 12.8. The van der Waals surface area contributed by atoms with Gasteiger partial charge in [0.15, 0.2) is 6.10 Å². The van der Waals surface area contributed by atoms with E-state index in [4.69, 9.17) is 9.47 Å². The Morgan fingerprint density at radius 1 is 1.11 bits per heavy atom. The van der Waals surface area contributed by atoms with Crippen molar-refractivity contribution >= 4 is 35.1 Å². The number of rotatable bonds is 12. The van der Waals surface area contributed by atoms with Crippen LogP contribution in [0.25, 0.3) is 0 Å². The maximum Gasteiger partial charge on any atom is 0.325 e. The molecule has 36 heavy (non-hydrogen) atoms. The zero-order valence-corrected chi connectivity index (χ0v) is 22.3. The fourth-order valence-corrected chi connectivity index (χ4v) is 4.51. The summed E-state index contributed by atoms with van der Waals surface area (Å²) in [5.74, 6) is -1.57. The lowest BCUT2D eigenvalue weighted by Gasteiger charge is -2.32. The van der Waals surface area contributed by atoms with E-state index in [0.29, 0.717) is 17.8 Å². The molecule has 2 rings (SSSR count). The molecule has 0 aliphatic rings. The minimum absolute atomic E-state index is 0.101. The number of carbonyl (C=O) groups excluding carboxylic acids is 4. The Morgan fingerprint density at radius 2 is 1.78 bits per heavy atom. The van der Waals surface area contributed by atoms with Gasteiger partial charge in [-0.1, -0.05) is 44.2 Å². The second kappa shape index (κ2) is 13.7. The number of aromatic nitrogens is 1. The number of esters is 2. The van der Waals surface area contributed by atoms with Crippen molar-refractivity contribution in [2.24, 2.45) is 5.92 Å². The van der Waals surface area contributed by atoms with Gasteiger partial charge in [-0.3, -0.25) is 24.6 Å². The number of nitrogens with one attached hydrogen (secondary N) is 2. The molecule has 0 aliphatic carbocycles. The molecule has 10 nitrogen and oxygen atoms in total. The molecule has 0 spiro atoms. The zero-order valence-electron chi connectivity index (χ0n) is 21.4. The Kier molecular flexibility index (Phi) is 11.0. The van der Waals surface area contributed by atoms with E-state index in [1.165, 1.54) is 32.3 Å². The van der Waals surface area contributed by atoms with E-state index in [0.717, 1.165) is 5.56 Å². The van der Waals surface area contributed by atoms with Crippen LogP contribution in [0.3, 0.4) is 0 Å². The molecule has 1 heterocycles. The quantitative estimate of drug-likeness (QED) is 0.324. The summed E-state index contributed by atoms with van der Waals surface area (Å²) >= 11 is 1.18. The molecule has 2 aromatic rings. The molecule has 1 aromatic heterocycles. The molecular weight excluding hydrogens is 484 g/mol. The molecule has 0 aliphatic heterocycles. The number of ether oxygens (including phenoxy) is 2. The van der Waals surface area contributed by atoms with E-state index in [9.17, 15) is 19.2 Å². The summed E-state index contributed by atoms with van der Waals surface area (Å²) in [6, 6.07) is 8.32. The molecule has 2 amide bonds. The molecule has 0 bridgehead atoms. The summed E-state index contributed by atoms with van der Waals surface area (Å²) in [5.41, 5.74) is 6.23. The molecular formula is C25H34N4O6S. The number of hydrogen-bond donors (Lipinski definition) is 2. The molecule has 0 saturated heterocycles. The first-order valence-corrected chi connectivity index (χ1v) is 12.4. The second-order valence-electron chi connectivity index (χ2n) is 8.71. The maximum atomic E-state index is 12.8. The summed E-state index contributed by atoms with van der Waals surface area (Å²) in [5, 5.41) is 1.98. The van der Waals surface area contributed by atoms with Crippen LogP contribution in [0.5, 0.6) is 0 Å². The van der Waals surface area contributed by atoms with Crippen LogP contribution in [0, 0.1) is 5.92 Å². The van der Waals surface area contributed by atoms with Crippen LogP contribution in [0.4, 0.5) is 0 Å². The van der Waals surface area contributed by atoms with Gasteiger partial charge in [0.05, 0.1) is 7.11 Å². The topological polar surface area (TPSA) is 127 Å². The largest absolute Gasteiger partial charge is 0.468 e. The van der Waals surface area contributed by atoms with Crippen molar-refractivity contribution in [3.8, 4) is 0 Å². The molecule has 196 valence electrons. The van der Waals surface area contributed by atoms with Gasteiger partial charge in [-0.05, 0) is 11.5 Å². The van der Waals surface area contributed by atoms with Crippen LogP contribution in [0.2, 0.25) is 0 Å². The number of thiazole rings is 1. The van der Waals surface area contributed by atoms with E-state index in [2.05, 4.69) is 15.8 Å². The summed E-state index contributed by atoms with van der Waals surface area (Å²) in [7, 11) is 2.98. The minimum atomic E-state index is -0.804. The van der Waals surface area contributed by atoms with Gasteiger partial charge in [0, 0.05) is 45.2 Å². The molecule has 3 atom stereocenters. The third kappa shape index (κ3) is 8.42. The number of carbonyl (C=O) groups is 4. The van der Waals surface area contributed by atoms with Crippen LogP contribution < -0.4 is 10.9 Å². The van der Waals surface area contributed by atoms with Gasteiger partial charge in [0.1, 0.15) is 16.7 Å². The smallest absolute Gasteiger partial charge is 0.325 e. The molecule has 1 aromatic carbocycles. The summed E-state index contributed by atoms with van der Waals surface area (Å²) in [6.07, 6.45) is -0.0795.